The summed E-state index contributed by atoms with van der Waals surface area (Å²) in [7, 11) is 1.54. The van der Waals surface area contributed by atoms with Gasteiger partial charge in [0.2, 0.25) is 5.91 Å². The Hall–Kier alpha value is -3.60. The zero-order chi connectivity index (χ0) is 22.1. The number of carbonyl (C=O) groups excluding carboxylic acids is 2. The Morgan fingerprint density at radius 3 is 2.19 bits per heavy atom. The first-order chi connectivity index (χ1) is 15.1. The lowest BCUT2D eigenvalue weighted by Crippen LogP contribution is -2.30. The van der Waals surface area contributed by atoms with Crippen molar-refractivity contribution in [1.29, 1.82) is 0 Å². The lowest BCUT2D eigenvalue weighted by Gasteiger charge is -2.23. The van der Waals surface area contributed by atoms with E-state index >= 15 is 0 Å². The predicted octanol–water partition coefficient (Wildman–Crippen LogP) is 5.29. The first-order valence-corrected chi connectivity index (χ1v) is 10.3. The number of carbonyl (C=O) groups is 2. The number of nitrogens with zero attached hydrogens (tertiary/aromatic N) is 1. The summed E-state index contributed by atoms with van der Waals surface area (Å²) < 4.78 is 11.1. The van der Waals surface area contributed by atoms with E-state index in [0.29, 0.717) is 43.1 Å². The number of hydrogen-bond acceptors (Lipinski definition) is 4. The number of anilines is 1. The highest BCUT2D eigenvalue weighted by Crippen LogP contribution is 2.28. The van der Waals surface area contributed by atoms with Crippen LogP contribution in [0.15, 0.2) is 78.9 Å². The van der Waals surface area contributed by atoms with Gasteiger partial charge in [-0.1, -0.05) is 48.5 Å². The van der Waals surface area contributed by atoms with Crippen LogP contribution in [0, 0.1) is 0 Å². The Labute approximate surface area is 183 Å². The van der Waals surface area contributed by atoms with Gasteiger partial charge in [0.05, 0.1) is 20.3 Å². The number of rotatable bonds is 10. The minimum absolute atomic E-state index is 0.0325. The van der Waals surface area contributed by atoms with E-state index in [1.165, 1.54) is 14.0 Å². The van der Waals surface area contributed by atoms with Crippen molar-refractivity contribution < 1.29 is 19.1 Å². The minimum atomic E-state index is -0.0325. The van der Waals surface area contributed by atoms with E-state index in [4.69, 9.17) is 9.47 Å². The molecular weight excluding hydrogens is 390 g/mol. The van der Waals surface area contributed by atoms with Gasteiger partial charge >= 0.3 is 0 Å². The van der Waals surface area contributed by atoms with Gasteiger partial charge in [-0.15, -0.1) is 0 Å². The van der Waals surface area contributed by atoms with Gasteiger partial charge in [-0.3, -0.25) is 9.59 Å². The highest BCUT2D eigenvalue weighted by atomic mass is 16.5. The van der Waals surface area contributed by atoms with Crippen LogP contribution in [-0.4, -0.2) is 25.4 Å². The first-order valence-electron chi connectivity index (χ1n) is 10.3. The molecule has 0 bridgehead atoms. The lowest BCUT2D eigenvalue weighted by molar-refractivity contribution is -0.119. The highest BCUT2D eigenvalue weighted by Gasteiger charge is 2.16. The number of amides is 1. The largest absolute Gasteiger partial charge is 0.493 e. The van der Waals surface area contributed by atoms with Crippen LogP contribution in [0.4, 0.5) is 5.69 Å². The maximum Gasteiger partial charge on any atom is 0.227 e. The van der Waals surface area contributed by atoms with Crippen molar-refractivity contribution >= 4 is 17.4 Å². The van der Waals surface area contributed by atoms with E-state index in [0.717, 1.165) is 11.3 Å². The Kier molecular flexibility index (Phi) is 7.82. The fourth-order valence-electron chi connectivity index (χ4n) is 3.24. The van der Waals surface area contributed by atoms with Crippen LogP contribution in [0.2, 0.25) is 0 Å². The number of ether oxygens (including phenoxy) is 2. The fourth-order valence-corrected chi connectivity index (χ4v) is 3.24. The van der Waals surface area contributed by atoms with Crippen molar-refractivity contribution in [3.05, 3.63) is 90.0 Å². The second-order valence-corrected chi connectivity index (χ2v) is 7.17. The molecule has 3 rings (SSSR count). The molecular formula is C26H27NO4. The normalized spacial score (nSPS) is 10.4. The summed E-state index contributed by atoms with van der Waals surface area (Å²) in [5.41, 5.74) is 2.52. The molecule has 0 N–H and O–H groups in total. The zero-order valence-corrected chi connectivity index (χ0v) is 17.9. The second kappa shape index (κ2) is 11.0. The standard InChI is InChI=1S/C26H27NO4/c1-20(28)22-15-16-24(25(18-22)30-2)31-17-9-14-26(29)27(23-12-7-4-8-13-23)19-21-10-5-3-6-11-21/h3-8,10-13,15-16,18H,9,14,17,19H2,1-2H3. The fraction of sp³-hybridized carbons (Fsp3) is 0.231. The van der Waals surface area contributed by atoms with Crippen LogP contribution in [0.3, 0.4) is 0 Å². The smallest absolute Gasteiger partial charge is 0.227 e. The van der Waals surface area contributed by atoms with Crippen molar-refractivity contribution in [3.8, 4) is 11.5 Å². The Balaban J connectivity index is 1.60. The van der Waals surface area contributed by atoms with Gasteiger partial charge in [0, 0.05) is 17.7 Å². The molecule has 0 saturated heterocycles. The molecule has 0 unspecified atom stereocenters. The molecule has 1 amide bonds. The molecule has 5 nitrogen and oxygen atoms in total. The summed E-state index contributed by atoms with van der Waals surface area (Å²) >= 11 is 0. The quantitative estimate of drug-likeness (QED) is 0.332. The lowest BCUT2D eigenvalue weighted by atomic mass is 10.1. The monoisotopic (exact) mass is 417 g/mol. The summed E-state index contributed by atoms with van der Waals surface area (Å²) in [6.07, 6.45) is 0.921. The molecule has 0 aliphatic heterocycles. The van der Waals surface area contributed by atoms with E-state index < -0.39 is 0 Å². The van der Waals surface area contributed by atoms with Crippen molar-refractivity contribution in [2.24, 2.45) is 0 Å². The van der Waals surface area contributed by atoms with Crippen LogP contribution in [0.5, 0.6) is 11.5 Å². The van der Waals surface area contributed by atoms with Crippen LogP contribution in [0.25, 0.3) is 0 Å². The summed E-state index contributed by atoms with van der Waals surface area (Å²) in [5, 5.41) is 0. The molecule has 0 fully saturated rings. The summed E-state index contributed by atoms with van der Waals surface area (Å²) in [4.78, 5) is 26.3. The average molecular weight is 418 g/mol. The van der Waals surface area contributed by atoms with Gasteiger partial charge in [-0.25, -0.2) is 0 Å². The Morgan fingerprint density at radius 1 is 0.871 bits per heavy atom. The van der Waals surface area contributed by atoms with Gasteiger partial charge in [0.1, 0.15) is 0 Å². The molecule has 3 aromatic carbocycles. The zero-order valence-electron chi connectivity index (χ0n) is 17.9. The Bertz CT molecular complexity index is 1000. The van der Waals surface area contributed by atoms with Gasteiger partial charge in [-0.05, 0) is 49.2 Å². The van der Waals surface area contributed by atoms with Crippen molar-refractivity contribution in [2.75, 3.05) is 18.6 Å². The number of hydrogen-bond donors (Lipinski definition) is 0. The number of para-hydroxylation sites is 1. The number of benzene rings is 3. The van der Waals surface area contributed by atoms with E-state index in [2.05, 4.69) is 0 Å². The highest BCUT2D eigenvalue weighted by molar-refractivity contribution is 5.94. The molecule has 0 aromatic heterocycles. The van der Waals surface area contributed by atoms with E-state index in [1.54, 1.807) is 23.1 Å². The molecule has 3 aromatic rings. The van der Waals surface area contributed by atoms with Crippen LogP contribution in [-0.2, 0) is 11.3 Å². The molecule has 0 atom stereocenters. The van der Waals surface area contributed by atoms with Gasteiger partial charge in [-0.2, -0.15) is 0 Å². The molecule has 0 radical (unpaired) electrons. The minimum Gasteiger partial charge on any atom is -0.493 e. The molecule has 0 aliphatic rings. The number of ketones is 1. The molecule has 0 saturated carbocycles. The summed E-state index contributed by atoms with van der Waals surface area (Å²) in [5.74, 6) is 1.07. The van der Waals surface area contributed by atoms with Crippen LogP contribution in [0.1, 0.15) is 35.7 Å². The predicted molar refractivity (Wildman–Crippen MR) is 122 cm³/mol. The number of methoxy groups -OCH3 is 1. The molecule has 0 aliphatic carbocycles. The topological polar surface area (TPSA) is 55.8 Å². The SMILES string of the molecule is COc1cc(C(C)=O)ccc1OCCCC(=O)N(Cc1ccccc1)c1ccccc1. The molecule has 160 valence electrons. The summed E-state index contributed by atoms with van der Waals surface area (Å²) in [6, 6.07) is 24.7. The Morgan fingerprint density at radius 2 is 1.55 bits per heavy atom. The third-order valence-corrected chi connectivity index (χ3v) is 4.92. The van der Waals surface area contributed by atoms with Crippen LogP contribution >= 0.6 is 0 Å². The summed E-state index contributed by atoms with van der Waals surface area (Å²) in [6.45, 7) is 2.40. The van der Waals surface area contributed by atoms with Gasteiger partial charge < -0.3 is 14.4 Å². The van der Waals surface area contributed by atoms with Crippen LogP contribution < -0.4 is 14.4 Å². The maximum atomic E-state index is 13.0. The van der Waals surface area contributed by atoms with E-state index in [1.807, 2.05) is 60.7 Å². The molecule has 0 spiro atoms. The van der Waals surface area contributed by atoms with Crippen molar-refractivity contribution in [1.82, 2.24) is 0 Å². The van der Waals surface area contributed by atoms with Gasteiger partial charge in [0.25, 0.3) is 0 Å². The van der Waals surface area contributed by atoms with Gasteiger partial charge in [0.15, 0.2) is 17.3 Å². The molecule has 0 heterocycles. The third-order valence-electron chi connectivity index (χ3n) is 4.92. The van der Waals surface area contributed by atoms with Crippen molar-refractivity contribution in [2.45, 2.75) is 26.3 Å². The third kappa shape index (κ3) is 6.19. The first kappa shape index (κ1) is 22.1. The maximum absolute atomic E-state index is 13.0. The number of Topliss-reactive ketones (excluding diaryl/α,β-unsaturated/α-hetero) is 1. The van der Waals surface area contributed by atoms with E-state index in [9.17, 15) is 9.59 Å². The second-order valence-electron chi connectivity index (χ2n) is 7.17. The van der Waals surface area contributed by atoms with Crippen molar-refractivity contribution in [3.63, 3.8) is 0 Å². The average Bonchev–Trinajstić information content (AvgIpc) is 2.81. The molecule has 31 heavy (non-hydrogen) atoms. The van der Waals surface area contributed by atoms with E-state index in [-0.39, 0.29) is 11.7 Å². The molecule has 5 heteroatoms.